The molecule has 2 aromatic carbocycles. The molecule has 32 heavy (non-hydrogen) atoms. The lowest BCUT2D eigenvalue weighted by Crippen LogP contribution is -2.04. The number of phenolic OH excluding ortho intramolecular Hbond substituents is 2. The number of ether oxygens (including phenoxy) is 2. The van der Waals surface area contributed by atoms with Gasteiger partial charge in [-0.1, -0.05) is 0 Å². The Morgan fingerprint density at radius 3 is 2.34 bits per heavy atom. The Balaban J connectivity index is 1.95. The Morgan fingerprint density at radius 2 is 1.69 bits per heavy atom. The first-order valence-electron chi connectivity index (χ1n) is 9.53. The minimum atomic E-state index is -0.627. The van der Waals surface area contributed by atoms with Crippen LogP contribution in [0.25, 0.3) is 34.1 Å². The minimum absolute atomic E-state index is 0.0349. The van der Waals surface area contributed by atoms with Crippen LogP contribution in [0, 0.1) is 0 Å². The predicted molar refractivity (Wildman–Crippen MR) is 116 cm³/mol. The van der Waals surface area contributed by atoms with Crippen LogP contribution in [0.1, 0.15) is 5.76 Å². The van der Waals surface area contributed by atoms with Gasteiger partial charge in [-0.15, -0.1) is 0 Å². The summed E-state index contributed by atoms with van der Waals surface area (Å²) in [6.45, 7) is 0.0349. The quantitative estimate of drug-likeness (QED) is 0.336. The maximum atomic E-state index is 12.3. The average molecular weight is 436 g/mol. The molecule has 0 bridgehead atoms. The molecule has 164 valence electrons. The fourth-order valence-corrected chi connectivity index (χ4v) is 3.22. The molecule has 0 aliphatic carbocycles. The molecule has 0 radical (unpaired) electrons. The average Bonchev–Trinajstić information content (AvgIpc) is 3.23. The number of benzene rings is 2. The van der Waals surface area contributed by atoms with Crippen molar-refractivity contribution in [2.45, 2.75) is 6.61 Å². The third kappa shape index (κ3) is 3.88. The van der Waals surface area contributed by atoms with Crippen molar-refractivity contribution in [3.8, 4) is 57.1 Å². The number of nitrogens with zero attached hydrogens (tertiary/aromatic N) is 1. The normalized spacial score (nSPS) is 10.9. The van der Waals surface area contributed by atoms with Crippen LogP contribution in [0.2, 0.25) is 0 Å². The number of phenols is 2. The molecule has 0 spiro atoms. The van der Waals surface area contributed by atoms with E-state index < -0.39 is 11.2 Å². The third-order valence-corrected chi connectivity index (χ3v) is 4.80. The van der Waals surface area contributed by atoms with Gasteiger partial charge in [0.2, 0.25) is 11.2 Å². The van der Waals surface area contributed by atoms with Crippen LogP contribution < -0.4 is 10.2 Å². The number of aromatic hydroxyl groups is 3. The van der Waals surface area contributed by atoms with E-state index in [4.69, 9.17) is 13.9 Å². The summed E-state index contributed by atoms with van der Waals surface area (Å²) in [6, 6.07) is 12.4. The minimum Gasteiger partial charge on any atom is -0.504 e. The van der Waals surface area contributed by atoms with Gasteiger partial charge in [-0.05, 0) is 42.5 Å². The van der Waals surface area contributed by atoms with E-state index in [1.807, 2.05) is 0 Å². The molecule has 4 N–H and O–H groups in total. The van der Waals surface area contributed by atoms with E-state index >= 15 is 0 Å². The molecule has 0 amide bonds. The highest BCUT2D eigenvalue weighted by atomic mass is 16.5. The van der Waals surface area contributed by atoms with Crippen molar-refractivity contribution in [2.24, 2.45) is 0 Å². The molecule has 0 fully saturated rings. The lowest BCUT2D eigenvalue weighted by molar-refractivity contribution is 0.162. The van der Waals surface area contributed by atoms with Crippen LogP contribution in [0.15, 0.2) is 57.7 Å². The van der Waals surface area contributed by atoms with Crippen LogP contribution in [0.5, 0.6) is 23.0 Å². The highest BCUT2D eigenvalue weighted by Gasteiger charge is 2.23. The number of hydrogen-bond donors (Lipinski definition) is 4. The topological polar surface area (TPSA) is 138 Å². The maximum Gasteiger partial charge on any atom is 0.227 e. The molecule has 0 unspecified atom stereocenters. The number of aromatic amines is 1. The second-order valence-electron chi connectivity index (χ2n) is 6.93. The number of methoxy groups -OCH3 is 2. The Kier molecular flexibility index (Phi) is 5.57. The van der Waals surface area contributed by atoms with Gasteiger partial charge in [0.05, 0.1) is 7.11 Å². The van der Waals surface area contributed by atoms with Crippen molar-refractivity contribution in [3.63, 3.8) is 0 Å². The van der Waals surface area contributed by atoms with E-state index in [1.165, 1.54) is 19.2 Å². The lowest BCUT2D eigenvalue weighted by atomic mass is 10.1. The molecule has 9 nitrogen and oxygen atoms in total. The van der Waals surface area contributed by atoms with Gasteiger partial charge in [0.15, 0.2) is 17.3 Å². The largest absolute Gasteiger partial charge is 0.504 e. The Morgan fingerprint density at radius 1 is 0.969 bits per heavy atom. The molecule has 2 aromatic heterocycles. The first-order valence-corrected chi connectivity index (χ1v) is 9.53. The molecule has 0 atom stereocenters. The number of rotatable bonds is 6. The highest BCUT2D eigenvalue weighted by Crippen LogP contribution is 2.38. The summed E-state index contributed by atoms with van der Waals surface area (Å²) in [6.07, 6.45) is 0. The second-order valence-corrected chi connectivity index (χ2v) is 6.93. The van der Waals surface area contributed by atoms with Crippen LogP contribution in [0.4, 0.5) is 0 Å². The van der Waals surface area contributed by atoms with Crippen molar-refractivity contribution < 1.29 is 29.2 Å². The summed E-state index contributed by atoms with van der Waals surface area (Å²) in [5, 5.41) is 30.0. The zero-order chi connectivity index (χ0) is 22.8. The Hall–Kier alpha value is -4.24. The van der Waals surface area contributed by atoms with Crippen molar-refractivity contribution in [2.75, 3.05) is 14.2 Å². The summed E-state index contributed by atoms with van der Waals surface area (Å²) in [7, 11) is 3.01. The van der Waals surface area contributed by atoms with Gasteiger partial charge in [-0.25, -0.2) is 4.98 Å². The summed E-state index contributed by atoms with van der Waals surface area (Å²) in [4.78, 5) is 20.0. The fraction of sp³-hybridized carbons (Fsp3) is 0.130. The van der Waals surface area contributed by atoms with E-state index in [0.29, 0.717) is 28.4 Å². The van der Waals surface area contributed by atoms with Gasteiger partial charge in [-0.3, -0.25) is 4.79 Å². The molecule has 4 aromatic rings. The lowest BCUT2D eigenvalue weighted by Gasteiger charge is -2.07. The highest BCUT2D eigenvalue weighted by molar-refractivity contribution is 5.81. The van der Waals surface area contributed by atoms with Gasteiger partial charge in [0.25, 0.3) is 0 Å². The van der Waals surface area contributed by atoms with Crippen molar-refractivity contribution in [1.82, 2.24) is 9.97 Å². The van der Waals surface area contributed by atoms with Crippen molar-refractivity contribution in [3.05, 3.63) is 64.5 Å². The van der Waals surface area contributed by atoms with Crippen LogP contribution in [0.3, 0.4) is 0 Å². The molecular formula is C23H20N2O7. The molecule has 4 rings (SSSR count). The SMILES string of the molecule is COCc1cc(=O)c(O)c(-c2[nH]c(-c3ccc(O)c(O)c3)nc2-c2ccc(OC)cc2)o1. The standard InChI is InChI=1S/C23H20N2O7/c1-30-11-15-10-18(28)21(29)22(32-15)20-19(12-3-6-14(31-2)7-4-12)24-23(25-20)13-5-8-16(26)17(27)9-13/h3-10,26-27,29H,11H2,1-2H3,(H,24,25). The van der Waals surface area contributed by atoms with Crippen LogP contribution in [-0.2, 0) is 11.3 Å². The summed E-state index contributed by atoms with van der Waals surface area (Å²) in [5.74, 6) is -0.0778. The van der Waals surface area contributed by atoms with E-state index in [1.54, 1.807) is 37.4 Å². The van der Waals surface area contributed by atoms with Crippen LogP contribution in [-0.4, -0.2) is 39.5 Å². The fourth-order valence-electron chi connectivity index (χ4n) is 3.22. The van der Waals surface area contributed by atoms with Gasteiger partial charge in [-0.2, -0.15) is 0 Å². The number of H-pyrrole nitrogens is 1. The van der Waals surface area contributed by atoms with Gasteiger partial charge in [0, 0.05) is 24.3 Å². The Labute approximate surface area is 182 Å². The third-order valence-electron chi connectivity index (χ3n) is 4.80. The van der Waals surface area contributed by atoms with Gasteiger partial charge < -0.3 is 34.2 Å². The number of aromatic nitrogens is 2. The first-order chi connectivity index (χ1) is 15.4. The van der Waals surface area contributed by atoms with Crippen LogP contribution >= 0.6 is 0 Å². The molecule has 9 heteroatoms. The number of imidazole rings is 1. The summed E-state index contributed by atoms with van der Waals surface area (Å²) >= 11 is 0. The van der Waals surface area contributed by atoms with E-state index in [9.17, 15) is 20.1 Å². The summed E-state index contributed by atoms with van der Waals surface area (Å²) in [5.41, 5.74) is 1.15. The van der Waals surface area contributed by atoms with E-state index in [2.05, 4.69) is 9.97 Å². The van der Waals surface area contributed by atoms with Crippen molar-refractivity contribution in [1.29, 1.82) is 0 Å². The molecule has 0 saturated heterocycles. The number of nitrogens with one attached hydrogen (secondary N) is 1. The zero-order valence-corrected chi connectivity index (χ0v) is 17.2. The Bertz CT molecular complexity index is 1320. The maximum absolute atomic E-state index is 12.3. The molecule has 0 saturated carbocycles. The molecule has 0 aliphatic rings. The number of hydrogen-bond acceptors (Lipinski definition) is 8. The first kappa shape index (κ1) is 21.0. The smallest absolute Gasteiger partial charge is 0.227 e. The zero-order valence-electron chi connectivity index (χ0n) is 17.2. The monoisotopic (exact) mass is 436 g/mol. The molecule has 2 heterocycles. The van der Waals surface area contributed by atoms with E-state index in [-0.39, 0.29) is 35.3 Å². The second kappa shape index (κ2) is 8.48. The van der Waals surface area contributed by atoms with Gasteiger partial charge in [0.1, 0.15) is 35.3 Å². The summed E-state index contributed by atoms with van der Waals surface area (Å²) < 4.78 is 16.0. The van der Waals surface area contributed by atoms with Gasteiger partial charge >= 0.3 is 0 Å². The molecular weight excluding hydrogens is 416 g/mol. The predicted octanol–water partition coefficient (Wildman–Crippen LogP) is 3.64. The molecule has 0 aliphatic heterocycles. The van der Waals surface area contributed by atoms with Crippen molar-refractivity contribution >= 4 is 0 Å². The van der Waals surface area contributed by atoms with E-state index in [0.717, 1.165) is 6.07 Å².